The van der Waals surface area contributed by atoms with Crippen molar-refractivity contribution in [3.63, 3.8) is 0 Å². The first kappa shape index (κ1) is 14.0. The lowest BCUT2D eigenvalue weighted by Crippen LogP contribution is -2.50. The van der Waals surface area contributed by atoms with Crippen molar-refractivity contribution in [2.45, 2.75) is 6.04 Å². The van der Waals surface area contributed by atoms with Crippen LogP contribution < -0.4 is 5.32 Å². The third-order valence-electron chi connectivity index (χ3n) is 3.37. The number of halogens is 2. The van der Waals surface area contributed by atoms with E-state index in [1.54, 1.807) is 0 Å². The van der Waals surface area contributed by atoms with Crippen molar-refractivity contribution >= 4 is 18.1 Å². The summed E-state index contributed by atoms with van der Waals surface area (Å²) < 4.78 is 31.2. The number of carbonyl (C=O) groups excluding carboxylic acids is 2. The molecule has 1 aromatic carbocycles. The molecule has 1 atom stereocenters. The van der Waals surface area contributed by atoms with Crippen LogP contribution in [0.15, 0.2) is 29.5 Å². The molecular formula is C13H8F2N2O5. The largest absolute Gasteiger partial charge is 0.465 e. The van der Waals surface area contributed by atoms with Crippen molar-refractivity contribution < 1.29 is 33.0 Å². The maximum absolute atomic E-state index is 13.4. The van der Waals surface area contributed by atoms with E-state index in [0.717, 1.165) is 18.2 Å². The van der Waals surface area contributed by atoms with Gasteiger partial charge in [-0.25, -0.2) is 28.1 Å². The molecule has 2 N–H and O–H groups in total. The highest BCUT2D eigenvalue weighted by atomic mass is 19.2. The maximum Gasteiger partial charge on any atom is 0.416 e. The topological polar surface area (TPSA) is 95.9 Å². The Kier molecular flexibility index (Phi) is 3.05. The van der Waals surface area contributed by atoms with Crippen molar-refractivity contribution in [2.75, 3.05) is 6.61 Å². The molecule has 1 aromatic rings. The second kappa shape index (κ2) is 4.79. The highest BCUT2D eigenvalue weighted by Gasteiger charge is 2.45. The van der Waals surface area contributed by atoms with Crippen LogP contribution in [-0.4, -0.2) is 34.7 Å². The summed E-state index contributed by atoms with van der Waals surface area (Å²) in [6, 6.07) is 0.238. The summed E-state index contributed by atoms with van der Waals surface area (Å²) in [6.45, 7) is -0.215. The van der Waals surface area contributed by atoms with Gasteiger partial charge in [0.2, 0.25) is 0 Å². The number of carbonyl (C=O) groups is 3. The van der Waals surface area contributed by atoms with Crippen LogP contribution in [0.3, 0.4) is 0 Å². The van der Waals surface area contributed by atoms with Gasteiger partial charge in [-0.2, -0.15) is 0 Å². The average molecular weight is 310 g/mol. The number of benzene rings is 1. The molecule has 3 amide bonds. The number of nitrogens with zero attached hydrogens (tertiary/aromatic N) is 1. The number of carboxylic acid groups (broad SMARTS) is 1. The summed E-state index contributed by atoms with van der Waals surface area (Å²) in [5.41, 5.74) is -0.0576. The van der Waals surface area contributed by atoms with Gasteiger partial charge in [0.25, 0.3) is 0 Å². The highest BCUT2D eigenvalue weighted by Crippen LogP contribution is 2.37. The minimum atomic E-state index is -1.64. The van der Waals surface area contributed by atoms with Crippen molar-refractivity contribution in [1.82, 2.24) is 10.2 Å². The highest BCUT2D eigenvalue weighted by molar-refractivity contribution is 6.01. The zero-order valence-corrected chi connectivity index (χ0v) is 10.8. The first-order chi connectivity index (χ1) is 10.4. The van der Waals surface area contributed by atoms with Crippen molar-refractivity contribution in [2.24, 2.45) is 0 Å². The van der Waals surface area contributed by atoms with E-state index in [-0.39, 0.29) is 23.4 Å². The van der Waals surface area contributed by atoms with Crippen LogP contribution in [0.5, 0.6) is 0 Å². The number of cyclic esters (lactones) is 1. The van der Waals surface area contributed by atoms with Crippen LogP contribution in [0.25, 0.3) is 0 Å². The standard InChI is InChI=1S/C13H8F2N2O5/c14-6-2-1-5(3-7(6)15)10-9-8(4-22-11(9)18)16-12(19)17(10)13(20)21/h1-3,10H,4H2,(H,16,19)(H,20,21). The Morgan fingerprint density at radius 2 is 2.05 bits per heavy atom. The van der Waals surface area contributed by atoms with Gasteiger partial charge in [0.1, 0.15) is 12.6 Å². The number of nitrogens with one attached hydrogen (secondary N) is 1. The molecule has 9 heteroatoms. The fourth-order valence-corrected chi connectivity index (χ4v) is 2.43. The predicted molar refractivity (Wildman–Crippen MR) is 65.5 cm³/mol. The SMILES string of the molecule is O=C1OCC2=C1C(c1ccc(F)c(F)c1)N(C(=O)O)C(=O)N2. The van der Waals surface area contributed by atoms with Gasteiger partial charge in [0.15, 0.2) is 11.6 Å². The van der Waals surface area contributed by atoms with Crippen LogP contribution in [0.2, 0.25) is 0 Å². The molecule has 114 valence electrons. The number of rotatable bonds is 1. The fourth-order valence-electron chi connectivity index (χ4n) is 2.43. The molecule has 3 rings (SSSR count). The molecule has 2 aliphatic rings. The molecule has 0 spiro atoms. The molecule has 0 aliphatic carbocycles. The van der Waals surface area contributed by atoms with Crippen LogP contribution >= 0.6 is 0 Å². The molecule has 22 heavy (non-hydrogen) atoms. The molecule has 0 saturated heterocycles. The lowest BCUT2D eigenvalue weighted by atomic mass is 9.95. The second-order valence-electron chi connectivity index (χ2n) is 4.63. The molecule has 7 nitrogen and oxygen atoms in total. The van der Waals surface area contributed by atoms with E-state index < -0.39 is 35.8 Å². The van der Waals surface area contributed by atoms with Gasteiger partial charge < -0.3 is 15.2 Å². The number of esters is 1. The molecule has 0 aromatic heterocycles. The van der Waals surface area contributed by atoms with Crippen LogP contribution in [0.4, 0.5) is 18.4 Å². The van der Waals surface area contributed by atoms with Crippen molar-refractivity contribution in [3.05, 3.63) is 46.7 Å². The summed E-state index contributed by atoms with van der Waals surface area (Å²) in [5, 5.41) is 11.4. The Bertz CT molecular complexity index is 746. The molecule has 0 bridgehead atoms. The fraction of sp³-hybridized carbons (Fsp3) is 0.154. The monoisotopic (exact) mass is 310 g/mol. The Morgan fingerprint density at radius 3 is 2.68 bits per heavy atom. The maximum atomic E-state index is 13.4. The van der Waals surface area contributed by atoms with E-state index in [1.165, 1.54) is 0 Å². The van der Waals surface area contributed by atoms with E-state index in [9.17, 15) is 28.3 Å². The Hall–Kier alpha value is -2.97. The van der Waals surface area contributed by atoms with Gasteiger partial charge in [-0.15, -0.1) is 0 Å². The van der Waals surface area contributed by atoms with E-state index in [1.807, 2.05) is 0 Å². The van der Waals surface area contributed by atoms with E-state index in [2.05, 4.69) is 5.32 Å². The van der Waals surface area contributed by atoms with Gasteiger partial charge in [-0.1, -0.05) is 6.07 Å². The first-order valence-electron chi connectivity index (χ1n) is 6.08. The van der Waals surface area contributed by atoms with Crippen molar-refractivity contribution in [1.29, 1.82) is 0 Å². The van der Waals surface area contributed by atoms with Crippen LogP contribution in [0, 0.1) is 11.6 Å². The minimum Gasteiger partial charge on any atom is -0.465 e. The number of hydrogen-bond acceptors (Lipinski definition) is 4. The normalized spacial score (nSPS) is 20.6. The zero-order chi connectivity index (χ0) is 16.0. The third-order valence-corrected chi connectivity index (χ3v) is 3.37. The van der Waals surface area contributed by atoms with Gasteiger partial charge in [-0.05, 0) is 17.7 Å². The lowest BCUT2D eigenvalue weighted by Gasteiger charge is -2.32. The summed E-state index contributed by atoms with van der Waals surface area (Å²) in [4.78, 5) is 35.3. The molecule has 2 heterocycles. The molecule has 0 fully saturated rings. The Labute approximate surface area is 121 Å². The third kappa shape index (κ3) is 1.98. The summed E-state index contributed by atoms with van der Waals surface area (Å²) in [5.74, 6) is -3.17. The molecule has 1 unspecified atom stereocenters. The second-order valence-corrected chi connectivity index (χ2v) is 4.63. The number of imide groups is 1. The van der Waals surface area contributed by atoms with Gasteiger partial charge in [0, 0.05) is 0 Å². The number of hydrogen-bond donors (Lipinski definition) is 2. The Morgan fingerprint density at radius 1 is 1.32 bits per heavy atom. The van der Waals surface area contributed by atoms with Crippen molar-refractivity contribution in [3.8, 4) is 0 Å². The summed E-state index contributed by atoms with van der Waals surface area (Å²) in [7, 11) is 0. The lowest BCUT2D eigenvalue weighted by molar-refractivity contribution is -0.136. The quantitative estimate of drug-likeness (QED) is 0.767. The molecule has 0 saturated carbocycles. The minimum absolute atomic E-state index is 0.0532. The van der Waals surface area contributed by atoms with E-state index in [4.69, 9.17) is 4.74 Å². The average Bonchev–Trinajstić information content (AvgIpc) is 2.81. The van der Waals surface area contributed by atoms with E-state index >= 15 is 0 Å². The molecular weight excluding hydrogens is 302 g/mol. The summed E-state index contributed by atoms with van der Waals surface area (Å²) >= 11 is 0. The number of ether oxygens (including phenoxy) is 1. The zero-order valence-electron chi connectivity index (χ0n) is 10.8. The predicted octanol–water partition coefficient (Wildman–Crippen LogP) is 1.52. The molecule has 0 radical (unpaired) electrons. The summed E-state index contributed by atoms with van der Waals surface area (Å²) in [6.07, 6.45) is -1.64. The van der Waals surface area contributed by atoms with Gasteiger partial charge in [-0.3, -0.25) is 0 Å². The first-order valence-corrected chi connectivity index (χ1v) is 6.08. The van der Waals surface area contributed by atoms with Gasteiger partial charge in [0.05, 0.1) is 11.3 Å². The Balaban J connectivity index is 2.18. The van der Waals surface area contributed by atoms with Crippen LogP contribution in [-0.2, 0) is 9.53 Å². The van der Waals surface area contributed by atoms with Gasteiger partial charge >= 0.3 is 18.1 Å². The number of amides is 3. The molecule has 2 aliphatic heterocycles. The smallest absolute Gasteiger partial charge is 0.416 e. The van der Waals surface area contributed by atoms with Crippen LogP contribution in [0.1, 0.15) is 11.6 Å². The van der Waals surface area contributed by atoms with E-state index in [0.29, 0.717) is 4.90 Å². The number of urea groups is 1.